The van der Waals surface area contributed by atoms with E-state index in [9.17, 15) is 0 Å². The van der Waals surface area contributed by atoms with Crippen LogP contribution in [0.1, 0.15) is 43.0 Å². The molecule has 0 aliphatic carbocycles. The normalized spacial score (nSPS) is 13.2. The Kier molecular flexibility index (Phi) is 4.84. The predicted molar refractivity (Wildman–Crippen MR) is 91.7 cm³/mol. The van der Waals surface area contributed by atoms with E-state index < -0.39 is 0 Å². The highest BCUT2D eigenvalue weighted by Gasteiger charge is 2.13. The van der Waals surface area contributed by atoms with Crippen LogP contribution in [-0.2, 0) is 18.3 Å². The zero-order valence-electron chi connectivity index (χ0n) is 13.7. The molecule has 0 spiro atoms. The van der Waals surface area contributed by atoms with Crippen molar-refractivity contribution < 1.29 is 0 Å². The standard InChI is InChI=1S/C20H27N/c1-15-5-7-16(8-6-15)13-19(21)14-17-9-11-18(12-10-17)20(2,3)4/h5-12,19H,13-14,21H2,1-4H3. The smallest absolute Gasteiger partial charge is 0.0120 e. The van der Waals surface area contributed by atoms with E-state index in [4.69, 9.17) is 5.73 Å². The Morgan fingerprint density at radius 2 is 1.24 bits per heavy atom. The molecule has 0 aliphatic heterocycles. The maximum Gasteiger partial charge on any atom is 0.0120 e. The molecule has 0 heterocycles. The fraction of sp³-hybridized carbons (Fsp3) is 0.400. The molecule has 0 radical (unpaired) electrons. The molecule has 0 saturated heterocycles. The first-order chi connectivity index (χ1) is 9.84. The van der Waals surface area contributed by atoms with Gasteiger partial charge in [-0.05, 0) is 41.9 Å². The molecule has 1 unspecified atom stereocenters. The molecule has 2 N–H and O–H groups in total. The van der Waals surface area contributed by atoms with Gasteiger partial charge in [0, 0.05) is 6.04 Å². The van der Waals surface area contributed by atoms with Crippen molar-refractivity contribution in [1.29, 1.82) is 0 Å². The van der Waals surface area contributed by atoms with Gasteiger partial charge in [0.2, 0.25) is 0 Å². The fourth-order valence-corrected chi connectivity index (χ4v) is 2.54. The summed E-state index contributed by atoms with van der Waals surface area (Å²) < 4.78 is 0. The van der Waals surface area contributed by atoms with E-state index in [0.29, 0.717) is 0 Å². The van der Waals surface area contributed by atoms with Gasteiger partial charge in [0.25, 0.3) is 0 Å². The Morgan fingerprint density at radius 1 is 0.810 bits per heavy atom. The molecule has 0 bridgehead atoms. The zero-order chi connectivity index (χ0) is 15.5. The summed E-state index contributed by atoms with van der Waals surface area (Å²) in [6.07, 6.45) is 1.86. The average molecular weight is 281 g/mol. The van der Waals surface area contributed by atoms with Gasteiger partial charge < -0.3 is 5.73 Å². The molecule has 1 heteroatoms. The van der Waals surface area contributed by atoms with E-state index in [2.05, 4.69) is 76.2 Å². The number of nitrogens with two attached hydrogens (primary N) is 1. The van der Waals surface area contributed by atoms with Gasteiger partial charge in [0.15, 0.2) is 0 Å². The number of hydrogen-bond acceptors (Lipinski definition) is 1. The minimum absolute atomic E-state index is 0.174. The molecule has 1 nitrogen and oxygen atoms in total. The maximum absolute atomic E-state index is 6.30. The highest BCUT2D eigenvalue weighted by atomic mass is 14.6. The SMILES string of the molecule is Cc1ccc(CC(N)Cc2ccc(C(C)(C)C)cc2)cc1. The number of hydrogen-bond donors (Lipinski definition) is 1. The second kappa shape index (κ2) is 6.44. The monoisotopic (exact) mass is 281 g/mol. The molecule has 0 aromatic heterocycles. The second-order valence-electron chi connectivity index (χ2n) is 7.10. The fourth-order valence-electron chi connectivity index (χ4n) is 2.54. The third-order valence-corrected chi connectivity index (χ3v) is 3.94. The van der Waals surface area contributed by atoms with Gasteiger partial charge in [-0.15, -0.1) is 0 Å². The molecular weight excluding hydrogens is 254 g/mol. The van der Waals surface area contributed by atoms with Crippen molar-refractivity contribution in [2.24, 2.45) is 5.73 Å². The first-order valence-corrected chi connectivity index (χ1v) is 7.75. The maximum atomic E-state index is 6.30. The minimum atomic E-state index is 0.174. The quantitative estimate of drug-likeness (QED) is 0.883. The van der Waals surface area contributed by atoms with Crippen molar-refractivity contribution in [2.75, 3.05) is 0 Å². The van der Waals surface area contributed by atoms with E-state index in [1.54, 1.807) is 0 Å². The van der Waals surface area contributed by atoms with Crippen molar-refractivity contribution in [1.82, 2.24) is 0 Å². The summed E-state index contributed by atoms with van der Waals surface area (Å²) in [6.45, 7) is 8.84. The average Bonchev–Trinajstić information content (AvgIpc) is 2.41. The van der Waals surface area contributed by atoms with Crippen LogP contribution in [0.5, 0.6) is 0 Å². The summed E-state index contributed by atoms with van der Waals surface area (Å²) >= 11 is 0. The van der Waals surface area contributed by atoms with Crippen molar-refractivity contribution in [3.8, 4) is 0 Å². The molecule has 2 aromatic rings. The summed E-state index contributed by atoms with van der Waals surface area (Å²) in [7, 11) is 0. The molecule has 0 aliphatic rings. The van der Waals surface area contributed by atoms with Crippen LogP contribution >= 0.6 is 0 Å². The van der Waals surface area contributed by atoms with E-state index in [1.807, 2.05) is 0 Å². The lowest BCUT2D eigenvalue weighted by Gasteiger charge is -2.19. The third-order valence-electron chi connectivity index (χ3n) is 3.94. The Bertz CT molecular complexity index is 558. The zero-order valence-corrected chi connectivity index (χ0v) is 13.7. The first-order valence-electron chi connectivity index (χ1n) is 7.75. The van der Waals surface area contributed by atoms with Crippen molar-refractivity contribution in [3.63, 3.8) is 0 Å². The Morgan fingerprint density at radius 3 is 1.67 bits per heavy atom. The Hall–Kier alpha value is -1.60. The van der Waals surface area contributed by atoms with Crippen LogP contribution in [0.3, 0.4) is 0 Å². The highest BCUT2D eigenvalue weighted by Crippen LogP contribution is 2.22. The van der Waals surface area contributed by atoms with Gasteiger partial charge in [-0.25, -0.2) is 0 Å². The predicted octanol–water partition coefficient (Wildman–Crippen LogP) is 4.41. The Labute approximate surface area is 129 Å². The van der Waals surface area contributed by atoms with Gasteiger partial charge in [-0.3, -0.25) is 0 Å². The molecule has 0 fully saturated rings. The van der Waals surface area contributed by atoms with E-state index in [-0.39, 0.29) is 11.5 Å². The second-order valence-corrected chi connectivity index (χ2v) is 7.10. The van der Waals surface area contributed by atoms with Crippen LogP contribution in [0.4, 0.5) is 0 Å². The summed E-state index contributed by atoms with van der Waals surface area (Å²) in [6, 6.07) is 17.7. The van der Waals surface area contributed by atoms with Gasteiger partial charge >= 0.3 is 0 Å². The van der Waals surface area contributed by atoms with Crippen LogP contribution < -0.4 is 5.73 Å². The molecule has 1 atom stereocenters. The van der Waals surface area contributed by atoms with E-state index in [0.717, 1.165) is 12.8 Å². The summed E-state index contributed by atoms with van der Waals surface area (Å²) in [5, 5.41) is 0. The van der Waals surface area contributed by atoms with Crippen molar-refractivity contribution in [2.45, 2.75) is 52.0 Å². The van der Waals surface area contributed by atoms with Crippen molar-refractivity contribution in [3.05, 3.63) is 70.8 Å². The molecule has 21 heavy (non-hydrogen) atoms. The Balaban J connectivity index is 1.96. The van der Waals surface area contributed by atoms with Crippen LogP contribution in [0.2, 0.25) is 0 Å². The molecule has 2 rings (SSSR count). The molecule has 112 valence electrons. The first kappa shape index (κ1) is 15.8. The lowest BCUT2D eigenvalue weighted by atomic mass is 9.86. The summed E-state index contributed by atoms with van der Waals surface area (Å²) in [4.78, 5) is 0. The molecular formula is C20H27N. The third kappa shape index (κ3) is 4.71. The van der Waals surface area contributed by atoms with Crippen LogP contribution in [0.15, 0.2) is 48.5 Å². The summed E-state index contributed by atoms with van der Waals surface area (Å²) in [5.41, 5.74) is 11.8. The van der Waals surface area contributed by atoms with Gasteiger partial charge in [0.1, 0.15) is 0 Å². The molecule has 2 aromatic carbocycles. The molecule has 0 saturated carbocycles. The van der Waals surface area contributed by atoms with Gasteiger partial charge in [-0.2, -0.15) is 0 Å². The topological polar surface area (TPSA) is 26.0 Å². The van der Waals surface area contributed by atoms with E-state index in [1.165, 1.54) is 22.3 Å². The van der Waals surface area contributed by atoms with E-state index >= 15 is 0 Å². The number of rotatable bonds is 4. The van der Waals surface area contributed by atoms with Crippen LogP contribution in [-0.4, -0.2) is 6.04 Å². The van der Waals surface area contributed by atoms with Gasteiger partial charge in [0.05, 0.1) is 0 Å². The van der Waals surface area contributed by atoms with Crippen LogP contribution in [0.25, 0.3) is 0 Å². The largest absolute Gasteiger partial charge is 0.327 e. The van der Waals surface area contributed by atoms with Crippen molar-refractivity contribution >= 4 is 0 Å². The number of aryl methyl sites for hydroxylation is 1. The van der Waals surface area contributed by atoms with Crippen LogP contribution in [0, 0.1) is 6.92 Å². The number of benzene rings is 2. The summed E-state index contributed by atoms with van der Waals surface area (Å²) in [5.74, 6) is 0. The molecule has 0 amide bonds. The minimum Gasteiger partial charge on any atom is -0.327 e. The van der Waals surface area contributed by atoms with Gasteiger partial charge in [-0.1, -0.05) is 74.9 Å². The lowest BCUT2D eigenvalue weighted by molar-refractivity contribution is 0.589. The highest BCUT2D eigenvalue weighted by molar-refractivity contribution is 5.28. The lowest BCUT2D eigenvalue weighted by Crippen LogP contribution is -2.25.